The molecule has 0 radical (unpaired) electrons. The largest absolute Gasteiger partial charge is 0.391 e. The van der Waals surface area contributed by atoms with Crippen LogP contribution in [0.2, 0.25) is 0 Å². The Balaban J connectivity index is 0.00000200. The first-order valence-electron chi connectivity index (χ1n) is 6.65. The molecule has 1 aromatic rings. The molecule has 112 valence electrons. The van der Waals surface area contributed by atoms with Crippen molar-refractivity contribution in [3.05, 3.63) is 35.6 Å². The summed E-state index contributed by atoms with van der Waals surface area (Å²) in [5.74, 6) is 0.539. The molecule has 4 nitrogen and oxygen atoms in total. The SMILES string of the molecule is CCNC(=NCc1cccc(F)c1)N1CC[C@@H](O)C1.I. The summed E-state index contributed by atoms with van der Waals surface area (Å²) in [6, 6.07) is 6.46. The zero-order valence-corrected chi connectivity index (χ0v) is 13.9. The molecule has 1 aromatic carbocycles. The molecule has 1 saturated heterocycles. The van der Waals surface area contributed by atoms with Crippen molar-refractivity contribution in [2.45, 2.75) is 26.0 Å². The number of rotatable bonds is 3. The van der Waals surface area contributed by atoms with Crippen LogP contribution in [0, 0.1) is 5.82 Å². The molecule has 0 aromatic heterocycles. The molecule has 0 aliphatic carbocycles. The van der Waals surface area contributed by atoms with Crippen LogP contribution in [0.3, 0.4) is 0 Å². The van der Waals surface area contributed by atoms with Gasteiger partial charge in [-0.25, -0.2) is 9.38 Å². The number of benzene rings is 1. The zero-order chi connectivity index (χ0) is 13.7. The summed E-state index contributed by atoms with van der Waals surface area (Å²) in [5, 5.41) is 12.8. The van der Waals surface area contributed by atoms with E-state index in [0.29, 0.717) is 13.1 Å². The topological polar surface area (TPSA) is 47.9 Å². The van der Waals surface area contributed by atoms with Crippen LogP contribution in [0.1, 0.15) is 18.9 Å². The first kappa shape index (κ1) is 17.2. The van der Waals surface area contributed by atoms with Gasteiger partial charge in [0.2, 0.25) is 0 Å². The van der Waals surface area contributed by atoms with Gasteiger partial charge in [0, 0.05) is 19.6 Å². The second kappa shape index (κ2) is 8.41. The predicted octanol–water partition coefficient (Wildman–Crippen LogP) is 1.98. The van der Waals surface area contributed by atoms with Crippen molar-refractivity contribution in [2.75, 3.05) is 19.6 Å². The summed E-state index contributed by atoms with van der Waals surface area (Å²) in [4.78, 5) is 6.53. The molecule has 6 heteroatoms. The van der Waals surface area contributed by atoms with Crippen molar-refractivity contribution >= 4 is 29.9 Å². The van der Waals surface area contributed by atoms with Gasteiger partial charge in [-0.1, -0.05) is 12.1 Å². The van der Waals surface area contributed by atoms with E-state index in [1.807, 2.05) is 17.9 Å². The van der Waals surface area contributed by atoms with E-state index in [-0.39, 0.29) is 35.9 Å². The van der Waals surface area contributed by atoms with Crippen LogP contribution in [0.5, 0.6) is 0 Å². The monoisotopic (exact) mass is 393 g/mol. The number of aliphatic hydroxyl groups is 1. The second-order valence-corrected chi connectivity index (χ2v) is 4.69. The molecule has 2 N–H and O–H groups in total. The van der Waals surface area contributed by atoms with Crippen LogP contribution >= 0.6 is 24.0 Å². The fourth-order valence-corrected chi connectivity index (χ4v) is 2.16. The maximum Gasteiger partial charge on any atom is 0.194 e. The quantitative estimate of drug-likeness (QED) is 0.469. The number of halogens is 2. The highest BCUT2D eigenvalue weighted by molar-refractivity contribution is 14.0. The third-order valence-corrected chi connectivity index (χ3v) is 3.10. The molecule has 0 amide bonds. The van der Waals surface area contributed by atoms with Crippen molar-refractivity contribution in [2.24, 2.45) is 4.99 Å². The van der Waals surface area contributed by atoms with Gasteiger partial charge in [0.15, 0.2) is 5.96 Å². The maximum absolute atomic E-state index is 13.1. The summed E-state index contributed by atoms with van der Waals surface area (Å²) < 4.78 is 13.1. The van der Waals surface area contributed by atoms with Gasteiger partial charge in [-0.15, -0.1) is 24.0 Å². The summed E-state index contributed by atoms with van der Waals surface area (Å²) in [5.41, 5.74) is 0.843. The third kappa shape index (κ3) is 4.90. The van der Waals surface area contributed by atoms with E-state index in [1.165, 1.54) is 12.1 Å². The Morgan fingerprint density at radius 3 is 2.95 bits per heavy atom. The highest BCUT2D eigenvalue weighted by Gasteiger charge is 2.22. The molecular formula is C14H21FIN3O. The van der Waals surface area contributed by atoms with Gasteiger partial charge < -0.3 is 15.3 Å². The number of hydrogen-bond donors (Lipinski definition) is 2. The molecular weight excluding hydrogens is 372 g/mol. The zero-order valence-electron chi connectivity index (χ0n) is 11.6. The molecule has 0 unspecified atom stereocenters. The molecule has 1 aliphatic heterocycles. The lowest BCUT2D eigenvalue weighted by molar-refractivity contribution is 0.188. The van der Waals surface area contributed by atoms with E-state index in [1.54, 1.807) is 6.07 Å². The van der Waals surface area contributed by atoms with Crippen molar-refractivity contribution in [1.29, 1.82) is 0 Å². The molecule has 20 heavy (non-hydrogen) atoms. The third-order valence-electron chi connectivity index (χ3n) is 3.10. The predicted molar refractivity (Wildman–Crippen MR) is 88.8 cm³/mol. The number of β-amino-alcohol motifs (C(OH)–C–C–N with tert-alkyl or cyclic N) is 1. The molecule has 1 aliphatic rings. The Morgan fingerprint density at radius 1 is 1.55 bits per heavy atom. The van der Waals surface area contributed by atoms with Crippen LogP contribution in [0.15, 0.2) is 29.3 Å². The average Bonchev–Trinajstić information content (AvgIpc) is 2.81. The van der Waals surface area contributed by atoms with Crippen molar-refractivity contribution < 1.29 is 9.50 Å². The smallest absolute Gasteiger partial charge is 0.194 e. The fourth-order valence-electron chi connectivity index (χ4n) is 2.16. The van der Waals surface area contributed by atoms with E-state index in [4.69, 9.17) is 0 Å². The second-order valence-electron chi connectivity index (χ2n) is 4.69. The molecule has 0 bridgehead atoms. The Kier molecular flexibility index (Phi) is 7.22. The van der Waals surface area contributed by atoms with Gasteiger partial charge in [0.25, 0.3) is 0 Å². The number of hydrogen-bond acceptors (Lipinski definition) is 2. The van der Waals surface area contributed by atoms with Gasteiger partial charge in [-0.2, -0.15) is 0 Å². The van der Waals surface area contributed by atoms with E-state index in [0.717, 1.165) is 31.0 Å². The van der Waals surface area contributed by atoms with E-state index in [9.17, 15) is 9.50 Å². The van der Waals surface area contributed by atoms with Crippen molar-refractivity contribution in [3.8, 4) is 0 Å². The highest BCUT2D eigenvalue weighted by Crippen LogP contribution is 2.10. The summed E-state index contributed by atoms with van der Waals surface area (Å²) >= 11 is 0. The van der Waals surface area contributed by atoms with Gasteiger partial charge in [-0.3, -0.25) is 0 Å². The van der Waals surface area contributed by atoms with Crippen LogP contribution in [-0.4, -0.2) is 41.7 Å². The lowest BCUT2D eigenvalue weighted by Gasteiger charge is -2.20. The van der Waals surface area contributed by atoms with Gasteiger partial charge in [0.1, 0.15) is 5.82 Å². The summed E-state index contributed by atoms with van der Waals surface area (Å²) in [7, 11) is 0. The highest BCUT2D eigenvalue weighted by atomic mass is 127. The standard InChI is InChI=1S/C14H20FN3O.HI/c1-2-16-14(18-7-6-13(19)10-18)17-9-11-4-3-5-12(15)8-11;/h3-5,8,13,19H,2,6-7,9-10H2,1H3,(H,16,17);1H/t13-;/m1./s1. The molecule has 1 fully saturated rings. The molecule has 1 heterocycles. The Hall–Kier alpha value is -0.890. The number of aliphatic hydroxyl groups excluding tert-OH is 1. The molecule has 2 rings (SSSR count). The van der Waals surface area contributed by atoms with Crippen LogP contribution in [-0.2, 0) is 6.54 Å². The number of guanidine groups is 1. The van der Waals surface area contributed by atoms with Crippen molar-refractivity contribution in [3.63, 3.8) is 0 Å². The lowest BCUT2D eigenvalue weighted by atomic mass is 10.2. The summed E-state index contributed by atoms with van der Waals surface area (Å²) in [6.07, 6.45) is 0.489. The minimum Gasteiger partial charge on any atom is -0.391 e. The Labute approximate surface area is 136 Å². The normalized spacial score (nSPS) is 18.9. The lowest BCUT2D eigenvalue weighted by Crippen LogP contribution is -2.40. The van der Waals surface area contributed by atoms with E-state index >= 15 is 0 Å². The first-order chi connectivity index (χ1) is 9.19. The molecule has 1 atom stereocenters. The number of likely N-dealkylation sites (tertiary alicyclic amines) is 1. The minimum absolute atomic E-state index is 0. The van der Waals surface area contributed by atoms with Gasteiger partial charge in [0.05, 0.1) is 12.6 Å². The molecule has 0 saturated carbocycles. The fraction of sp³-hybridized carbons (Fsp3) is 0.500. The summed E-state index contributed by atoms with van der Waals surface area (Å²) in [6.45, 7) is 4.62. The minimum atomic E-state index is -0.280. The number of nitrogens with one attached hydrogen (secondary N) is 1. The number of aliphatic imine (C=N–C) groups is 1. The van der Waals surface area contributed by atoms with E-state index < -0.39 is 0 Å². The van der Waals surface area contributed by atoms with Gasteiger partial charge in [-0.05, 0) is 31.0 Å². The molecule has 0 spiro atoms. The average molecular weight is 393 g/mol. The maximum atomic E-state index is 13.1. The first-order valence-corrected chi connectivity index (χ1v) is 6.65. The van der Waals surface area contributed by atoms with Crippen LogP contribution in [0.25, 0.3) is 0 Å². The van der Waals surface area contributed by atoms with Gasteiger partial charge >= 0.3 is 0 Å². The Bertz CT molecular complexity index is 456. The Morgan fingerprint density at radius 2 is 2.35 bits per heavy atom. The van der Waals surface area contributed by atoms with Crippen LogP contribution < -0.4 is 5.32 Å². The van der Waals surface area contributed by atoms with E-state index in [2.05, 4.69) is 10.3 Å². The van der Waals surface area contributed by atoms with Crippen molar-refractivity contribution in [1.82, 2.24) is 10.2 Å². The van der Waals surface area contributed by atoms with Crippen LogP contribution in [0.4, 0.5) is 4.39 Å². The number of nitrogens with zero attached hydrogens (tertiary/aromatic N) is 2.